The number of phenols is 1. The van der Waals surface area contributed by atoms with E-state index < -0.39 is 0 Å². The summed E-state index contributed by atoms with van der Waals surface area (Å²) in [5.74, 6) is -0.373. The highest BCUT2D eigenvalue weighted by atomic mass is 32.1. The van der Waals surface area contributed by atoms with Gasteiger partial charge in [0.25, 0.3) is 5.91 Å². The lowest BCUT2D eigenvalue weighted by atomic mass is 10.1. The molecule has 0 atom stereocenters. The van der Waals surface area contributed by atoms with Gasteiger partial charge in [-0.15, -0.1) is 11.3 Å². The Bertz CT molecular complexity index is 563. The van der Waals surface area contributed by atoms with E-state index in [-0.39, 0.29) is 17.2 Å². The molecule has 1 amide bonds. The standard InChI is InChI=1S/C12H12N2O2S/c1-7-3-4-10(15)9(5-7)11(16)14-12-13-8(2)6-17-12/h3-6,15H,1-2H3,(H,13,14,16). The number of thiazole rings is 1. The van der Waals surface area contributed by atoms with Crippen molar-refractivity contribution in [2.45, 2.75) is 13.8 Å². The van der Waals surface area contributed by atoms with E-state index in [2.05, 4.69) is 10.3 Å². The van der Waals surface area contributed by atoms with Gasteiger partial charge in [-0.3, -0.25) is 10.1 Å². The van der Waals surface area contributed by atoms with Gasteiger partial charge in [0.05, 0.1) is 11.3 Å². The van der Waals surface area contributed by atoms with E-state index in [0.29, 0.717) is 5.13 Å². The number of phenolic OH excluding ortho intramolecular Hbond substituents is 1. The highest BCUT2D eigenvalue weighted by molar-refractivity contribution is 7.13. The smallest absolute Gasteiger partial charge is 0.261 e. The molecule has 88 valence electrons. The van der Waals surface area contributed by atoms with Crippen molar-refractivity contribution in [1.82, 2.24) is 4.98 Å². The maximum atomic E-state index is 11.9. The minimum atomic E-state index is -0.347. The number of hydrogen-bond donors (Lipinski definition) is 2. The van der Waals surface area contributed by atoms with E-state index in [9.17, 15) is 9.90 Å². The molecule has 0 fully saturated rings. The summed E-state index contributed by atoms with van der Waals surface area (Å²) in [6, 6.07) is 4.90. The molecule has 0 bridgehead atoms. The summed E-state index contributed by atoms with van der Waals surface area (Å²) in [6.45, 7) is 3.72. The minimum absolute atomic E-state index is 0.0265. The third kappa shape index (κ3) is 2.62. The van der Waals surface area contributed by atoms with E-state index in [1.165, 1.54) is 17.4 Å². The Hall–Kier alpha value is -1.88. The first-order valence-corrected chi connectivity index (χ1v) is 5.97. The van der Waals surface area contributed by atoms with Crippen molar-refractivity contribution in [3.63, 3.8) is 0 Å². The average Bonchev–Trinajstić information content (AvgIpc) is 2.67. The number of nitrogens with one attached hydrogen (secondary N) is 1. The third-order valence-electron chi connectivity index (χ3n) is 2.24. The Morgan fingerprint density at radius 1 is 1.41 bits per heavy atom. The van der Waals surface area contributed by atoms with Crippen LogP contribution in [0.15, 0.2) is 23.6 Å². The number of benzene rings is 1. The van der Waals surface area contributed by atoms with Crippen LogP contribution >= 0.6 is 11.3 Å². The topological polar surface area (TPSA) is 62.2 Å². The number of anilines is 1. The lowest BCUT2D eigenvalue weighted by molar-refractivity contribution is 0.102. The Balaban J connectivity index is 2.22. The van der Waals surface area contributed by atoms with Gasteiger partial charge in [-0.25, -0.2) is 4.98 Å². The fraction of sp³-hybridized carbons (Fsp3) is 0.167. The molecule has 2 aromatic rings. The first kappa shape index (κ1) is 11.6. The van der Waals surface area contributed by atoms with E-state index in [4.69, 9.17) is 0 Å². The fourth-order valence-corrected chi connectivity index (χ4v) is 2.09. The molecule has 1 aromatic carbocycles. The first-order chi connectivity index (χ1) is 8.06. The van der Waals surface area contributed by atoms with Crippen molar-refractivity contribution < 1.29 is 9.90 Å². The second kappa shape index (κ2) is 4.55. The summed E-state index contributed by atoms with van der Waals surface area (Å²) in [5.41, 5.74) is 2.04. The van der Waals surface area contributed by atoms with Gasteiger partial charge in [-0.1, -0.05) is 11.6 Å². The molecule has 5 heteroatoms. The monoisotopic (exact) mass is 248 g/mol. The first-order valence-electron chi connectivity index (χ1n) is 5.09. The van der Waals surface area contributed by atoms with Crippen LogP contribution in [0.1, 0.15) is 21.6 Å². The Labute approximate surface area is 103 Å². The number of amides is 1. The zero-order valence-electron chi connectivity index (χ0n) is 9.52. The fourth-order valence-electron chi connectivity index (χ4n) is 1.41. The highest BCUT2D eigenvalue weighted by Gasteiger charge is 2.12. The van der Waals surface area contributed by atoms with Crippen LogP contribution in [0.4, 0.5) is 5.13 Å². The summed E-state index contributed by atoms with van der Waals surface area (Å²) in [5, 5.41) is 14.7. The average molecular weight is 248 g/mol. The summed E-state index contributed by atoms with van der Waals surface area (Å²) >= 11 is 1.36. The van der Waals surface area contributed by atoms with Gasteiger partial charge in [0.1, 0.15) is 5.75 Å². The van der Waals surface area contributed by atoms with Crippen molar-refractivity contribution in [3.8, 4) is 5.75 Å². The molecule has 0 saturated heterocycles. The highest BCUT2D eigenvalue weighted by Crippen LogP contribution is 2.21. The number of nitrogens with zero attached hydrogens (tertiary/aromatic N) is 1. The quantitative estimate of drug-likeness (QED) is 0.859. The second-order valence-electron chi connectivity index (χ2n) is 3.77. The largest absolute Gasteiger partial charge is 0.507 e. The molecule has 17 heavy (non-hydrogen) atoms. The van der Waals surface area contributed by atoms with Crippen LogP contribution in [-0.2, 0) is 0 Å². The van der Waals surface area contributed by atoms with Crippen molar-refractivity contribution in [3.05, 3.63) is 40.4 Å². The molecule has 0 aliphatic heterocycles. The second-order valence-corrected chi connectivity index (χ2v) is 4.63. The lowest BCUT2D eigenvalue weighted by Crippen LogP contribution is -2.12. The van der Waals surface area contributed by atoms with E-state index >= 15 is 0 Å². The Morgan fingerprint density at radius 3 is 2.82 bits per heavy atom. The number of aromatic hydroxyl groups is 1. The zero-order valence-corrected chi connectivity index (χ0v) is 10.3. The van der Waals surface area contributed by atoms with Crippen molar-refractivity contribution >= 4 is 22.4 Å². The van der Waals surface area contributed by atoms with Gasteiger partial charge in [-0.2, -0.15) is 0 Å². The molecular weight excluding hydrogens is 236 g/mol. The summed E-state index contributed by atoms with van der Waals surface area (Å²) in [7, 11) is 0. The maximum Gasteiger partial charge on any atom is 0.261 e. The molecule has 2 rings (SSSR count). The van der Waals surface area contributed by atoms with Gasteiger partial charge in [0.2, 0.25) is 0 Å². The van der Waals surface area contributed by atoms with Crippen LogP contribution in [0.5, 0.6) is 5.75 Å². The van der Waals surface area contributed by atoms with E-state index in [1.54, 1.807) is 12.1 Å². The van der Waals surface area contributed by atoms with Gasteiger partial charge < -0.3 is 5.11 Å². The Kier molecular flexibility index (Phi) is 3.10. The van der Waals surface area contributed by atoms with Crippen molar-refractivity contribution in [1.29, 1.82) is 0 Å². The number of aromatic nitrogens is 1. The van der Waals surface area contributed by atoms with E-state index in [1.807, 2.05) is 19.2 Å². The third-order valence-corrected chi connectivity index (χ3v) is 3.11. The molecule has 0 radical (unpaired) electrons. The predicted octanol–water partition coefficient (Wildman–Crippen LogP) is 2.72. The van der Waals surface area contributed by atoms with Gasteiger partial charge in [-0.05, 0) is 26.0 Å². The molecule has 0 spiro atoms. The molecule has 4 nitrogen and oxygen atoms in total. The number of carbonyl (C=O) groups is 1. The number of aryl methyl sites for hydroxylation is 2. The Morgan fingerprint density at radius 2 is 2.18 bits per heavy atom. The van der Waals surface area contributed by atoms with Crippen LogP contribution in [0, 0.1) is 13.8 Å². The SMILES string of the molecule is Cc1ccc(O)c(C(=O)Nc2nc(C)cs2)c1. The van der Waals surface area contributed by atoms with Gasteiger partial charge in [0.15, 0.2) is 5.13 Å². The predicted molar refractivity (Wildman–Crippen MR) is 67.6 cm³/mol. The van der Waals surface area contributed by atoms with Crippen LogP contribution in [0.2, 0.25) is 0 Å². The van der Waals surface area contributed by atoms with E-state index in [0.717, 1.165) is 11.3 Å². The molecule has 1 aromatic heterocycles. The molecule has 0 aliphatic carbocycles. The van der Waals surface area contributed by atoms with Crippen molar-refractivity contribution in [2.24, 2.45) is 0 Å². The maximum absolute atomic E-state index is 11.9. The van der Waals surface area contributed by atoms with Crippen LogP contribution in [-0.4, -0.2) is 16.0 Å². The molecule has 0 aliphatic rings. The number of rotatable bonds is 2. The van der Waals surface area contributed by atoms with Crippen molar-refractivity contribution in [2.75, 3.05) is 5.32 Å². The molecule has 0 saturated carbocycles. The molecular formula is C12H12N2O2S. The number of carbonyl (C=O) groups excluding carboxylic acids is 1. The summed E-state index contributed by atoms with van der Waals surface area (Å²) < 4.78 is 0. The normalized spacial score (nSPS) is 10.2. The van der Waals surface area contributed by atoms with Crippen LogP contribution < -0.4 is 5.32 Å². The van der Waals surface area contributed by atoms with Gasteiger partial charge in [0, 0.05) is 5.38 Å². The molecule has 1 heterocycles. The minimum Gasteiger partial charge on any atom is -0.507 e. The van der Waals surface area contributed by atoms with Gasteiger partial charge >= 0.3 is 0 Å². The molecule has 2 N–H and O–H groups in total. The van der Waals surface area contributed by atoms with Crippen LogP contribution in [0.25, 0.3) is 0 Å². The number of hydrogen-bond acceptors (Lipinski definition) is 4. The zero-order chi connectivity index (χ0) is 12.4. The van der Waals surface area contributed by atoms with Crippen LogP contribution in [0.3, 0.4) is 0 Å². The molecule has 0 unspecified atom stereocenters. The lowest BCUT2D eigenvalue weighted by Gasteiger charge is -2.05. The summed E-state index contributed by atoms with van der Waals surface area (Å²) in [4.78, 5) is 16.0. The summed E-state index contributed by atoms with van der Waals surface area (Å²) in [6.07, 6.45) is 0.